The lowest BCUT2D eigenvalue weighted by molar-refractivity contribution is -0.143. The van der Waals surface area contributed by atoms with Crippen LogP contribution in [-0.4, -0.2) is 41.6 Å². The number of rotatable bonds is 6. The number of hydrogen-bond acceptors (Lipinski definition) is 2. The van der Waals surface area contributed by atoms with Gasteiger partial charge in [-0.1, -0.05) is 32.6 Å². The fourth-order valence-corrected chi connectivity index (χ4v) is 2.57. The van der Waals surface area contributed by atoms with Gasteiger partial charge in [-0.3, -0.25) is 4.79 Å². The first-order valence-electron chi connectivity index (χ1n) is 7.30. The number of amides is 2. The van der Waals surface area contributed by atoms with Crippen LogP contribution < -0.4 is 5.32 Å². The highest BCUT2D eigenvalue weighted by atomic mass is 16.4. The van der Waals surface area contributed by atoms with Gasteiger partial charge in [-0.2, -0.15) is 0 Å². The molecule has 0 radical (unpaired) electrons. The van der Waals surface area contributed by atoms with Gasteiger partial charge >= 0.3 is 12.0 Å². The summed E-state index contributed by atoms with van der Waals surface area (Å²) in [7, 11) is 1.77. The lowest BCUT2D eigenvalue weighted by atomic mass is 9.84. The van der Waals surface area contributed by atoms with E-state index in [4.69, 9.17) is 5.11 Å². The van der Waals surface area contributed by atoms with E-state index in [-0.39, 0.29) is 12.1 Å². The van der Waals surface area contributed by atoms with Gasteiger partial charge in [-0.05, 0) is 19.3 Å². The van der Waals surface area contributed by atoms with Crippen molar-refractivity contribution in [1.82, 2.24) is 10.2 Å². The Kier molecular flexibility index (Phi) is 6.67. The molecule has 0 saturated heterocycles. The topological polar surface area (TPSA) is 69.6 Å². The molecule has 2 N–H and O–H groups in total. The van der Waals surface area contributed by atoms with E-state index < -0.39 is 11.9 Å². The molecular weight excluding hydrogens is 244 g/mol. The number of aliphatic carboxylic acids is 1. The number of carbonyl (C=O) groups excluding carboxylic acids is 1. The summed E-state index contributed by atoms with van der Waals surface area (Å²) in [4.78, 5) is 24.8. The molecule has 1 saturated carbocycles. The highest BCUT2D eigenvalue weighted by Crippen LogP contribution is 2.24. The van der Waals surface area contributed by atoms with Crippen molar-refractivity contribution in [3.63, 3.8) is 0 Å². The number of nitrogens with zero attached hydrogens (tertiary/aromatic N) is 1. The molecule has 5 nitrogen and oxygen atoms in total. The molecule has 2 unspecified atom stereocenters. The zero-order chi connectivity index (χ0) is 14.3. The molecule has 110 valence electrons. The van der Waals surface area contributed by atoms with Crippen LogP contribution in [0.2, 0.25) is 0 Å². The Morgan fingerprint density at radius 3 is 2.58 bits per heavy atom. The molecule has 2 atom stereocenters. The van der Waals surface area contributed by atoms with Crippen LogP contribution in [-0.2, 0) is 4.79 Å². The first-order valence-corrected chi connectivity index (χ1v) is 7.30. The smallest absolute Gasteiger partial charge is 0.317 e. The Morgan fingerprint density at radius 1 is 1.26 bits per heavy atom. The highest BCUT2D eigenvalue weighted by molar-refractivity contribution is 5.76. The largest absolute Gasteiger partial charge is 0.481 e. The van der Waals surface area contributed by atoms with Crippen LogP contribution in [0.4, 0.5) is 4.79 Å². The molecule has 19 heavy (non-hydrogen) atoms. The summed E-state index contributed by atoms with van der Waals surface area (Å²) in [5, 5.41) is 12.1. The molecule has 2 amide bonds. The second kappa shape index (κ2) is 8.02. The first kappa shape index (κ1) is 15.8. The normalized spacial score (nSPS) is 22.8. The zero-order valence-corrected chi connectivity index (χ0v) is 12.0. The van der Waals surface area contributed by atoms with Crippen LogP contribution in [0.1, 0.15) is 51.9 Å². The minimum Gasteiger partial charge on any atom is -0.481 e. The standard InChI is InChI=1S/C14H26N2O3/c1-3-4-7-10-16(2)14(19)15-12-9-6-5-8-11(12)13(17)18/h11-12H,3-10H2,1-2H3,(H,15,19)(H,17,18). The summed E-state index contributed by atoms with van der Waals surface area (Å²) in [5.74, 6) is -1.22. The lowest BCUT2D eigenvalue weighted by Crippen LogP contribution is -2.49. The maximum atomic E-state index is 12.0. The second-order valence-corrected chi connectivity index (χ2v) is 5.41. The second-order valence-electron chi connectivity index (χ2n) is 5.41. The van der Waals surface area contributed by atoms with E-state index in [0.29, 0.717) is 6.42 Å². The Bertz CT molecular complexity index is 307. The summed E-state index contributed by atoms with van der Waals surface area (Å²) in [6.07, 6.45) is 6.60. The van der Waals surface area contributed by atoms with Crippen LogP contribution in [0.3, 0.4) is 0 Å². The van der Waals surface area contributed by atoms with E-state index in [2.05, 4.69) is 12.2 Å². The molecule has 1 fully saturated rings. The third-order valence-corrected chi connectivity index (χ3v) is 3.84. The molecule has 0 aliphatic heterocycles. The third kappa shape index (κ3) is 5.09. The molecular formula is C14H26N2O3. The average molecular weight is 270 g/mol. The van der Waals surface area contributed by atoms with Crippen molar-refractivity contribution in [3.05, 3.63) is 0 Å². The monoisotopic (exact) mass is 270 g/mol. The summed E-state index contributed by atoms with van der Waals surface area (Å²) in [6, 6.07) is -0.360. The van der Waals surface area contributed by atoms with Gasteiger partial charge in [0.05, 0.1) is 5.92 Å². The number of hydrogen-bond donors (Lipinski definition) is 2. The zero-order valence-electron chi connectivity index (χ0n) is 12.0. The van der Waals surface area contributed by atoms with E-state index in [0.717, 1.165) is 45.1 Å². The Balaban J connectivity index is 2.42. The number of carboxylic acid groups (broad SMARTS) is 1. The summed E-state index contributed by atoms with van der Waals surface area (Å²) >= 11 is 0. The van der Waals surface area contributed by atoms with Crippen molar-refractivity contribution in [2.45, 2.75) is 57.9 Å². The number of carbonyl (C=O) groups is 2. The number of unbranched alkanes of at least 4 members (excludes halogenated alkanes) is 2. The molecule has 5 heteroatoms. The highest BCUT2D eigenvalue weighted by Gasteiger charge is 2.32. The van der Waals surface area contributed by atoms with Gasteiger partial charge in [0.25, 0.3) is 0 Å². The van der Waals surface area contributed by atoms with Crippen LogP contribution in [0.15, 0.2) is 0 Å². The number of nitrogens with one attached hydrogen (secondary N) is 1. The van der Waals surface area contributed by atoms with Crippen molar-refractivity contribution >= 4 is 12.0 Å². The Labute approximate surface area is 115 Å². The van der Waals surface area contributed by atoms with E-state index >= 15 is 0 Å². The van der Waals surface area contributed by atoms with E-state index in [9.17, 15) is 9.59 Å². The lowest BCUT2D eigenvalue weighted by Gasteiger charge is -2.31. The van der Waals surface area contributed by atoms with Gasteiger partial charge in [-0.25, -0.2) is 4.79 Å². The van der Waals surface area contributed by atoms with Crippen LogP contribution >= 0.6 is 0 Å². The first-order chi connectivity index (χ1) is 9.06. The van der Waals surface area contributed by atoms with Gasteiger partial charge in [0.1, 0.15) is 0 Å². The Hall–Kier alpha value is -1.26. The molecule has 1 rings (SSSR count). The molecule has 0 heterocycles. The molecule has 1 aliphatic carbocycles. The van der Waals surface area contributed by atoms with Crippen molar-refractivity contribution in [1.29, 1.82) is 0 Å². The van der Waals surface area contributed by atoms with Crippen LogP contribution in [0.25, 0.3) is 0 Å². The average Bonchev–Trinajstić information content (AvgIpc) is 2.39. The van der Waals surface area contributed by atoms with Gasteiger partial charge in [0.2, 0.25) is 0 Å². The third-order valence-electron chi connectivity index (χ3n) is 3.84. The minimum atomic E-state index is -0.793. The predicted octanol–water partition coefficient (Wildman–Crippen LogP) is 2.46. The number of urea groups is 1. The molecule has 0 spiro atoms. The summed E-state index contributed by atoms with van der Waals surface area (Å²) in [5.41, 5.74) is 0. The fourth-order valence-electron chi connectivity index (χ4n) is 2.57. The van der Waals surface area contributed by atoms with Crippen LogP contribution in [0.5, 0.6) is 0 Å². The molecule has 0 aromatic heterocycles. The maximum absolute atomic E-state index is 12.0. The SMILES string of the molecule is CCCCCN(C)C(=O)NC1CCCCC1C(=O)O. The number of carboxylic acids is 1. The quantitative estimate of drug-likeness (QED) is 0.728. The van der Waals surface area contributed by atoms with Crippen molar-refractivity contribution in [2.24, 2.45) is 5.92 Å². The molecule has 0 aromatic rings. The van der Waals surface area contributed by atoms with Crippen molar-refractivity contribution in [3.8, 4) is 0 Å². The van der Waals surface area contributed by atoms with Crippen molar-refractivity contribution < 1.29 is 14.7 Å². The van der Waals surface area contributed by atoms with Gasteiger partial charge in [0.15, 0.2) is 0 Å². The molecule has 1 aliphatic rings. The van der Waals surface area contributed by atoms with E-state index in [1.165, 1.54) is 0 Å². The summed E-state index contributed by atoms with van der Waals surface area (Å²) < 4.78 is 0. The Morgan fingerprint density at radius 2 is 1.95 bits per heavy atom. The predicted molar refractivity (Wildman–Crippen MR) is 74.1 cm³/mol. The van der Waals surface area contributed by atoms with Gasteiger partial charge in [0, 0.05) is 19.6 Å². The van der Waals surface area contributed by atoms with E-state index in [1.807, 2.05) is 0 Å². The summed E-state index contributed by atoms with van der Waals surface area (Å²) in [6.45, 7) is 2.85. The van der Waals surface area contributed by atoms with Gasteiger partial charge < -0.3 is 15.3 Å². The molecule has 0 bridgehead atoms. The van der Waals surface area contributed by atoms with Crippen LogP contribution in [0, 0.1) is 5.92 Å². The van der Waals surface area contributed by atoms with E-state index in [1.54, 1.807) is 11.9 Å². The minimum absolute atomic E-state index is 0.144. The fraction of sp³-hybridized carbons (Fsp3) is 0.857. The molecule has 0 aromatic carbocycles. The maximum Gasteiger partial charge on any atom is 0.317 e. The van der Waals surface area contributed by atoms with Gasteiger partial charge in [-0.15, -0.1) is 0 Å². The van der Waals surface area contributed by atoms with Crippen molar-refractivity contribution in [2.75, 3.05) is 13.6 Å².